The van der Waals surface area contributed by atoms with Crippen molar-refractivity contribution >= 4 is 27.5 Å². The van der Waals surface area contributed by atoms with Crippen LogP contribution in [-0.2, 0) is 0 Å². The van der Waals surface area contributed by atoms with Crippen molar-refractivity contribution < 1.29 is 23.7 Å². The molecule has 5 heterocycles. The van der Waals surface area contributed by atoms with Crippen LogP contribution in [0.15, 0.2) is 36.5 Å². The number of aliphatic hydroxyl groups is 1. The van der Waals surface area contributed by atoms with E-state index >= 15 is 4.39 Å². The quantitative estimate of drug-likeness (QED) is 0.331. The first kappa shape index (κ1) is 27.0. The number of aromatic nitrogens is 3. The number of alkyl halides is 1. The lowest BCUT2D eigenvalue weighted by molar-refractivity contribution is 0.107. The zero-order chi connectivity index (χ0) is 29.5. The van der Waals surface area contributed by atoms with E-state index in [-0.39, 0.29) is 41.6 Å². The molecule has 5 atom stereocenters. The molecule has 3 aliphatic heterocycles. The first-order valence-corrected chi connectivity index (χ1v) is 15.3. The Balaban J connectivity index is 1.25. The summed E-state index contributed by atoms with van der Waals surface area (Å²) in [6.45, 7) is 4.73. The first-order valence-electron chi connectivity index (χ1n) is 15.3. The van der Waals surface area contributed by atoms with Crippen LogP contribution in [0.2, 0.25) is 0 Å². The van der Waals surface area contributed by atoms with E-state index in [1.807, 2.05) is 25.1 Å². The number of hydrogen-bond donors (Lipinski definition) is 2. The van der Waals surface area contributed by atoms with Gasteiger partial charge in [-0.1, -0.05) is 18.2 Å². The Hall–Kier alpha value is -3.63. The fourth-order valence-corrected chi connectivity index (χ4v) is 8.28. The fraction of sp³-hybridized carbons (Fsp3) is 0.485. The van der Waals surface area contributed by atoms with E-state index in [0.29, 0.717) is 48.7 Å². The van der Waals surface area contributed by atoms with Crippen LogP contribution in [0.4, 0.5) is 14.6 Å². The number of phenolic OH excluding ortho intramolecular Hbond substituents is 1. The second-order valence-electron chi connectivity index (χ2n) is 13.1. The molecule has 0 spiro atoms. The van der Waals surface area contributed by atoms with Crippen molar-refractivity contribution in [2.24, 2.45) is 11.8 Å². The molecule has 10 heteroatoms. The second kappa shape index (κ2) is 9.95. The maximum atomic E-state index is 16.7. The molecule has 0 unspecified atom stereocenters. The second-order valence-corrected chi connectivity index (χ2v) is 13.1. The third-order valence-corrected chi connectivity index (χ3v) is 10.3. The SMILES string of the molecule is Cc1cccc2c(-c3ncc4c(N5C[C@@H]6C[C@H](C5)[C@H](O)C6)nc(OC[C@@]56CCCN5C[C@H](F)C6)nc4c3F)cc(O)cc12. The zero-order valence-corrected chi connectivity index (χ0v) is 24.1. The van der Waals surface area contributed by atoms with Crippen LogP contribution in [0.3, 0.4) is 0 Å². The summed E-state index contributed by atoms with van der Waals surface area (Å²) in [7, 11) is 0. The molecule has 2 N–H and O–H groups in total. The Kier molecular flexibility index (Phi) is 6.24. The summed E-state index contributed by atoms with van der Waals surface area (Å²) < 4.78 is 37.3. The number of ether oxygens (including phenoxy) is 1. The number of aromatic hydroxyl groups is 1. The van der Waals surface area contributed by atoms with Gasteiger partial charge < -0.3 is 19.8 Å². The molecule has 224 valence electrons. The van der Waals surface area contributed by atoms with Crippen LogP contribution in [0.1, 0.15) is 37.7 Å². The number of aliphatic hydroxyl groups excluding tert-OH is 1. The van der Waals surface area contributed by atoms with E-state index in [2.05, 4.69) is 19.8 Å². The average molecular weight is 588 g/mol. The van der Waals surface area contributed by atoms with Gasteiger partial charge in [0.15, 0.2) is 5.82 Å². The van der Waals surface area contributed by atoms with Gasteiger partial charge in [0.25, 0.3) is 0 Å². The molecule has 2 aromatic heterocycles. The van der Waals surface area contributed by atoms with Crippen LogP contribution in [0.5, 0.6) is 11.8 Å². The van der Waals surface area contributed by atoms with Gasteiger partial charge in [-0.2, -0.15) is 9.97 Å². The largest absolute Gasteiger partial charge is 0.508 e. The third-order valence-electron chi connectivity index (χ3n) is 10.3. The predicted octanol–water partition coefficient (Wildman–Crippen LogP) is 5.16. The fourth-order valence-electron chi connectivity index (χ4n) is 8.28. The number of pyridine rings is 1. The van der Waals surface area contributed by atoms with E-state index in [9.17, 15) is 14.6 Å². The van der Waals surface area contributed by atoms with E-state index in [4.69, 9.17) is 9.72 Å². The Morgan fingerprint density at radius 2 is 1.98 bits per heavy atom. The summed E-state index contributed by atoms with van der Waals surface area (Å²) in [5.74, 6) is 0.390. The number of aryl methyl sites for hydroxylation is 1. The predicted molar refractivity (Wildman–Crippen MR) is 160 cm³/mol. The molecule has 4 aromatic rings. The highest BCUT2D eigenvalue weighted by Gasteiger charge is 2.49. The van der Waals surface area contributed by atoms with Crippen molar-refractivity contribution in [2.45, 2.75) is 56.8 Å². The van der Waals surface area contributed by atoms with E-state index in [0.717, 1.165) is 48.6 Å². The number of hydrogen-bond acceptors (Lipinski definition) is 8. The summed E-state index contributed by atoms with van der Waals surface area (Å²) in [4.78, 5) is 18.3. The normalized spacial score (nSPS) is 28.7. The molecule has 2 bridgehead atoms. The Labute approximate surface area is 248 Å². The maximum absolute atomic E-state index is 16.7. The topological polar surface area (TPSA) is 94.8 Å². The number of piperidine rings is 1. The van der Waals surface area contributed by atoms with Gasteiger partial charge in [-0.3, -0.25) is 9.88 Å². The highest BCUT2D eigenvalue weighted by molar-refractivity contribution is 6.01. The van der Waals surface area contributed by atoms with Crippen molar-refractivity contribution in [3.05, 3.63) is 47.9 Å². The molecule has 43 heavy (non-hydrogen) atoms. The standard InChI is InChI=1S/C33H35F2N5O3/c1-18-4-2-5-23-24(18)10-22(41)11-25(23)29-28(35)30-26(13-36-29)31(39-14-19-8-20(15-39)27(42)9-19)38-32(37-30)43-17-33-6-3-7-40(33)16-21(34)12-33/h2,4-5,10-11,13,19-21,27,41-42H,3,6-9,12,14-17H2,1H3/t19-,20-,21-,27-,33+/m1/s1. The highest BCUT2D eigenvalue weighted by atomic mass is 19.1. The summed E-state index contributed by atoms with van der Waals surface area (Å²) in [6, 6.07) is 9.00. The van der Waals surface area contributed by atoms with E-state index < -0.39 is 17.5 Å². The maximum Gasteiger partial charge on any atom is 0.319 e. The van der Waals surface area contributed by atoms with Gasteiger partial charge in [0.1, 0.15) is 35.6 Å². The highest BCUT2D eigenvalue weighted by Crippen LogP contribution is 2.43. The minimum Gasteiger partial charge on any atom is -0.508 e. The van der Waals surface area contributed by atoms with Gasteiger partial charge in [-0.15, -0.1) is 0 Å². The molecule has 4 aliphatic rings. The molecule has 1 saturated carbocycles. The van der Waals surface area contributed by atoms with Gasteiger partial charge in [-0.05, 0) is 73.5 Å². The number of fused-ring (bicyclic) bond motifs is 5. The number of halogens is 2. The van der Waals surface area contributed by atoms with Crippen LogP contribution < -0.4 is 9.64 Å². The minimum absolute atomic E-state index is 0.0240. The molecular weight excluding hydrogens is 552 g/mol. The molecule has 3 saturated heterocycles. The number of rotatable bonds is 5. The van der Waals surface area contributed by atoms with Crippen molar-refractivity contribution in [2.75, 3.05) is 37.7 Å². The smallest absolute Gasteiger partial charge is 0.319 e. The van der Waals surface area contributed by atoms with Gasteiger partial charge in [-0.25, -0.2) is 8.78 Å². The Bertz CT molecular complexity index is 1750. The van der Waals surface area contributed by atoms with Crippen molar-refractivity contribution in [1.29, 1.82) is 0 Å². The van der Waals surface area contributed by atoms with Gasteiger partial charge >= 0.3 is 6.01 Å². The number of nitrogens with zero attached hydrogens (tertiary/aromatic N) is 5. The molecule has 0 radical (unpaired) electrons. The number of anilines is 1. The summed E-state index contributed by atoms with van der Waals surface area (Å²) in [5.41, 5.74) is 1.21. The monoisotopic (exact) mass is 587 g/mol. The van der Waals surface area contributed by atoms with Gasteiger partial charge in [0, 0.05) is 43.7 Å². The molecule has 8 nitrogen and oxygen atoms in total. The molecule has 1 aliphatic carbocycles. The van der Waals surface area contributed by atoms with Crippen LogP contribution in [-0.4, -0.2) is 80.7 Å². The zero-order valence-electron chi connectivity index (χ0n) is 24.1. The Morgan fingerprint density at radius 3 is 2.84 bits per heavy atom. The van der Waals surface area contributed by atoms with Crippen LogP contribution in [0.25, 0.3) is 32.9 Å². The first-order chi connectivity index (χ1) is 20.8. The lowest BCUT2D eigenvalue weighted by Gasteiger charge is -2.34. The summed E-state index contributed by atoms with van der Waals surface area (Å²) >= 11 is 0. The molecule has 2 aromatic carbocycles. The van der Waals surface area contributed by atoms with Crippen LogP contribution in [0, 0.1) is 24.6 Å². The molecule has 0 amide bonds. The molecular formula is C33H35F2N5O3. The Morgan fingerprint density at radius 1 is 1.09 bits per heavy atom. The summed E-state index contributed by atoms with van der Waals surface area (Å²) in [6.07, 6.45) is 4.31. The molecule has 8 rings (SSSR count). The molecule has 4 fully saturated rings. The lowest BCUT2D eigenvalue weighted by Crippen LogP contribution is -2.43. The van der Waals surface area contributed by atoms with Crippen molar-refractivity contribution in [3.63, 3.8) is 0 Å². The van der Waals surface area contributed by atoms with Gasteiger partial charge in [0.2, 0.25) is 0 Å². The minimum atomic E-state index is -0.890. The third kappa shape index (κ3) is 4.40. The van der Waals surface area contributed by atoms with Crippen LogP contribution >= 0.6 is 0 Å². The lowest BCUT2D eigenvalue weighted by atomic mass is 9.95. The number of phenols is 1. The van der Waals surface area contributed by atoms with Crippen molar-refractivity contribution in [3.8, 4) is 23.0 Å². The van der Waals surface area contributed by atoms with Gasteiger partial charge in [0.05, 0.1) is 17.0 Å². The van der Waals surface area contributed by atoms with E-state index in [1.54, 1.807) is 12.3 Å². The summed E-state index contributed by atoms with van der Waals surface area (Å²) in [5, 5.41) is 23.2. The number of benzene rings is 2. The average Bonchev–Trinajstić information content (AvgIpc) is 3.60. The van der Waals surface area contributed by atoms with Crippen molar-refractivity contribution in [1.82, 2.24) is 19.9 Å². The van der Waals surface area contributed by atoms with E-state index in [1.165, 1.54) is 6.07 Å².